The zero-order valence-corrected chi connectivity index (χ0v) is 21.8. The molecule has 9 heteroatoms. The van der Waals surface area contributed by atoms with E-state index in [0.29, 0.717) is 12.8 Å². The topological polar surface area (TPSA) is 97.1 Å². The molecule has 0 unspecified atom stereocenters. The Kier molecular flexibility index (Phi) is 6.70. The first kappa shape index (κ1) is 24.9. The van der Waals surface area contributed by atoms with E-state index in [9.17, 15) is 14.7 Å². The van der Waals surface area contributed by atoms with Crippen LogP contribution in [0.5, 0.6) is 5.75 Å². The van der Waals surface area contributed by atoms with Gasteiger partial charge in [-0.05, 0) is 63.3 Å². The lowest BCUT2D eigenvalue weighted by molar-refractivity contribution is -0.143. The number of fused-ring (bicyclic) bond motifs is 3. The van der Waals surface area contributed by atoms with E-state index in [1.807, 2.05) is 55.3 Å². The monoisotopic (exact) mass is 506 g/mol. The van der Waals surface area contributed by atoms with Crippen LogP contribution in [-0.4, -0.2) is 54.0 Å². The zero-order chi connectivity index (χ0) is 26.3. The second kappa shape index (κ2) is 9.95. The summed E-state index contributed by atoms with van der Waals surface area (Å²) in [5.41, 5.74) is 4.49. The number of amides is 1. The molecule has 1 fully saturated rings. The smallest absolute Gasteiger partial charge is 0.414 e. The van der Waals surface area contributed by atoms with Crippen LogP contribution in [0.15, 0.2) is 36.4 Å². The third-order valence-electron chi connectivity index (χ3n) is 7.91. The first-order valence-corrected chi connectivity index (χ1v) is 12.9. The number of nitrogens with zero attached hydrogens (tertiary/aromatic N) is 4. The zero-order valence-electron chi connectivity index (χ0n) is 21.8. The Morgan fingerprint density at radius 3 is 2.62 bits per heavy atom. The number of aryl methyl sites for hydroxylation is 1. The largest absolute Gasteiger partial charge is 0.495 e. The molecule has 3 atom stereocenters. The lowest BCUT2D eigenvalue weighted by atomic mass is 9.85. The molecule has 1 N–H and O–H groups in total. The molecule has 5 rings (SSSR count). The minimum atomic E-state index is -0.742. The van der Waals surface area contributed by atoms with Crippen molar-refractivity contribution in [2.75, 3.05) is 31.1 Å². The molecule has 196 valence electrons. The molecule has 0 radical (unpaired) electrons. The molecule has 3 aromatic rings. The van der Waals surface area contributed by atoms with Crippen LogP contribution in [0.4, 0.5) is 22.1 Å². The maximum atomic E-state index is 12.7. The van der Waals surface area contributed by atoms with Gasteiger partial charge in [0.05, 0.1) is 42.5 Å². The van der Waals surface area contributed by atoms with Crippen molar-refractivity contribution in [3.05, 3.63) is 42.0 Å². The van der Waals surface area contributed by atoms with Crippen molar-refractivity contribution in [2.24, 2.45) is 5.92 Å². The van der Waals surface area contributed by atoms with Gasteiger partial charge >= 0.3 is 12.1 Å². The van der Waals surface area contributed by atoms with E-state index in [1.54, 1.807) is 12.0 Å². The number of aliphatic carboxylic acids is 1. The van der Waals surface area contributed by atoms with Crippen molar-refractivity contribution in [2.45, 2.75) is 57.5 Å². The molecule has 1 aliphatic carbocycles. The maximum Gasteiger partial charge on any atom is 0.414 e. The summed E-state index contributed by atoms with van der Waals surface area (Å²) in [6, 6.07) is 11.8. The first-order valence-electron chi connectivity index (χ1n) is 12.9. The number of hydrogen-bond donors (Lipinski definition) is 1. The van der Waals surface area contributed by atoms with Crippen LogP contribution in [0, 0.1) is 5.92 Å². The highest BCUT2D eigenvalue weighted by molar-refractivity contribution is 5.96. The number of ether oxygens (including phenoxy) is 2. The fourth-order valence-corrected chi connectivity index (χ4v) is 6.00. The molecule has 2 aromatic carbocycles. The fraction of sp³-hybridized carbons (Fsp3) is 0.464. The molecule has 37 heavy (non-hydrogen) atoms. The lowest BCUT2D eigenvalue weighted by Crippen LogP contribution is -2.42. The van der Waals surface area contributed by atoms with Crippen LogP contribution >= 0.6 is 0 Å². The van der Waals surface area contributed by atoms with Gasteiger partial charge in [-0.1, -0.05) is 18.6 Å². The average molecular weight is 507 g/mol. The maximum absolute atomic E-state index is 12.7. The van der Waals surface area contributed by atoms with E-state index in [2.05, 4.69) is 4.57 Å². The molecule has 9 nitrogen and oxygen atoms in total. The quantitative estimate of drug-likeness (QED) is 0.485. The molecule has 1 aliphatic heterocycles. The molecule has 0 spiro atoms. The van der Waals surface area contributed by atoms with Crippen LogP contribution in [0.2, 0.25) is 0 Å². The van der Waals surface area contributed by atoms with Gasteiger partial charge in [0.15, 0.2) is 0 Å². The predicted molar refractivity (Wildman–Crippen MR) is 142 cm³/mol. The van der Waals surface area contributed by atoms with E-state index in [4.69, 9.17) is 14.5 Å². The normalized spacial score (nSPS) is 21.4. The summed E-state index contributed by atoms with van der Waals surface area (Å²) in [5.74, 6) is 0.332. The van der Waals surface area contributed by atoms with E-state index in [-0.39, 0.29) is 24.1 Å². The molecule has 0 saturated heterocycles. The standard InChI is InChI=1S/C28H34N4O5/c1-17-12-13-20-21(31(17)28(35)37-4)14-15-23-25(20)29-27(30(2)22-10-5-6-11-24(22)36-3)32(23)19-9-7-8-18(16-19)26(33)34/h5-6,10-11,14-15,17-19H,7-9,12-13,16H2,1-4H3,(H,33,34)/t17-,18+,19+/m0/s1. The molecule has 1 aromatic heterocycles. The predicted octanol–water partition coefficient (Wildman–Crippen LogP) is 5.54. The average Bonchev–Trinajstić information content (AvgIpc) is 3.32. The molecule has 1 amide bonds. The Morgan fingerprint density at radius 1 is 1.11 bits per heavy atom. The van der Waals surface area contributed by atoms with Gasteiger partial charge in [-0.3, -0.25) is 9.69 Å². The Labute approximate surface area is 216 Å². The number of anilines is 3. The molecule has 2 aliphatic rings. The van der Waals surface area contributed by atoms with Gasteiger partial charge in [0.1, 0.15) is 5.75 Å². The summed E-state index contributed by atoms with van der Waals surface area (Å²) in [7, 11) is 5.01. The number of carboxylic acids is 1. The Hall–Kier alpha value is -3.75. The molecular weight excluding hydrogens is 472 g/mol. The molecular formula is C28H34N4O5. The second-order valence-electron chi connectivity index (χ2n) is 10.0. The summed E-state index contributed by atoms with van der Waals surface area (Å²) < 4.78 is 12.9. The number of aromatic nitrogens is 2. The molecule has 0 bridgehead atoms. The highest BCUT2D eigenvalue weighted by Gasteiger charge is 2.35. The minimum absolute atomic E-state index is 0.00992. The third-order valence-corrected chi connectivity index (χ3v) is 7.91. The van der Waals surface area contributed by atoms with Crippen molar-refractivity contribution in [1.29, 1.82) is 0 Å². The molecule has 1 saturated carbocycles. The number of carbonyl (C=O) groups excluding carboxylic acids is 1. The Morgan fingerprint density at radius 2 is 1.89 bits per heavy atom. The second-order valence-corrected chi connectivity index (χ2v) is 10.0. The van der Waals surface area contributed by atoms with Gasteiger partial charge in [-0.15, -0.1) is 0 Å². The van der Waals surface area contributed by atoms with Crippen molar-refractivity contribution >= 4 is 40.4 Å². The number of methoxy groups -OCH3 is 2. The van der Waals surface area contributed by atoms with Gasteiger partial charge in [0.25, 0.3) is 0 Å². The summed E-state index contributed by atoms with van der Waals surface area (Å²) in [6.45, 7) is 2.03. The van der Waals surface area contributed by atoms with Gasteiger partial charge in [0, 0.05) is 24.7 Å². The van der Waals surface area contributed by atoms with Crippen molar-refractivity contribution in [1.82, 2.24) is 9.55 Å². The van der Waals surface area contributed by atoms with Crippen molar-refractivity contribution in [3.63, 3.8) is 0 Å². The summed E-state index contributed by atoms with van der Waals surface area (Å²) in [6.07, 6.45) is 4.18. The van der Waals surface area contributed by atoms with Gasteiger partial charge in [0.2, 0.25) is 5.95 Å². The third kappa shape index (κ3) is 4.26. The SMILES string of the molecule is COC(=O)N1c2ccc3c(nc(N(C)c4ccccc4OC)n3[C@@H]3CCC[C@@H](C(=O)O)C3)c2CC[C@@H]1C. The number of rotatable bonds is 5. The highest BCUT2D eigenvalue weighted by atomic mass is 16.5. The first-order chi connectivity index (χ1) is 17.8. The van der Waals surface area contributed by atoms with Gasteiger partial charge in [-0.2, -0.15) is 0 Å². The van der Waals surface area contributed by atoms with Crippen LogP contribution in [-0.2, 0) is 16.0 Å². The summed E-state index contributed by atoms with van der Waals surface area (Å²) in [5, 5.41) is 9.78. The van der Waals surface area contributed by atoms with E-state index < -0.39 is 5.97 Å². The summed E-state index contributed by atoms with van der Waals surface area (Å²) >= 11 is 0. The van der Waals surface area contributed by atoms with Crippen molar-refractivity contribution in [3.8, 4) is 5.75 Å². The van der Waals surface area contributed by atoms with E-state index in [0.717, 1.165) is 65.4 Å². The number of para-hydroxylation sites is 2. The van der Waals surface area contributed by atoms with Crippen LogP contribution in [0.3, 0.4) is 0 Å². The van der Waals surface area contributed by atoms with Gasteiger partial charge < -0.3 is 24.0 Å². The van der Waals surface area contributed by atoms with Crippen LogP contribution < -0.4 is 14.5 Å². The minimum Gasteiger partial charge on any atom is -0.495 e. The Balaban J connectivity index is 1.71. The number of carboxylic acid groups (broad SMARTS) is 1. The fourth-order valence-electron chi connectivity index (χ4n) is 6.00. The van der Waals surface area contributed by atoms with Crippen LogP contribution in [0.1, 0.15) is 50.6 Å². The highest BCUT2D eigenvalue weighted by Crippen LogP contribution is 2.44. The van der Waals surface area contributed by atoms with Crippen LogP contribution in [0.25, 0.3) is 11.0 Å². The van der Waals surface area contributed by atoms with E-state index >= 15 is 0 Å². The van der Waals surface area contributed by atoms with Crippen molar-refractivity contribution < 1.29 is 24.2 Å². The number of benzene rings is 2. The van der Waals surface area contributed by atoms with Gasteiger partial charge in [-0.25, -0.2) is 9.78 Å². The van der Waals surface area contributed by atoms with E-state index in [1.165, 1.54) is 7.11 Å². The molecule has 2 heterocycles. The lowest BCUT2D eigenvalue weighted by Gasteiger charge is -2.34. The number of hydrogen-bond acceptors (Lipinski definition) is 6. The number of carbonyl (C=O) groups is 2. The summed E-state index contributed by atoms with van der Waals surface area (Å²) in [4.78, 5) is 33.5. The number of imidazole rings is 1. The Bertz CT molecular complexity index is 1340.